The van der Waals surface area contributed by atoms with Gasteiger partial charge in [-0.2, -0.15) is 0 Å². The highest BCUT2D eigenvalue weighted by atomic mass is 32.1. The van der Waals surface area contributed by atoms with Crippen molar-refractivity contribution in [1.82, 2.24) is 5.32 Å². The van der Waals surface area contributed by atoms with Gasteiger partial charge in [0.2, 0.25) is 6.79 Å². The van der Waals surface area contributed by atoms with Gasteiger partial charge in [0.25, 0.3) is 5.91 Å². The number of esters is 1. The second-order valence-electron chi connectivity index (χ2n) is 4.95. The summed E-state index contributed by atoms with van der Waals surface area (Å²) in [6.07, 6.45) is 0. The standard InChI is InChI=1S/C16H15NO5S/c1-10(14-3-2-6-23-14)17-15(18)8-20-16(19)11-4-5-12-13(7-11)22-9-21-12/h2-7,10H,8-9H2,1H3,(H,17,18)/t10-/m1/s1. The topological polar surface area (TPSA) is 73.9 Å². The molecule has 2 aromatic rings. The Morgan fingerprint density at radius 3 is 2.91 bits per heavy atom. The Morgan fingerprint density at radius 1 is 1.30 bits per heavy atom. The van der Waals surface area contributed by atoms with Crippen LogP contribution in [0.2, 0.25) is 0 Å². The summed E-state index contributed by atoms with van der Waals surface area (Å²) in [7, 11) is 0. The highest BCUT2D eigenvalue weighted by molar-refractivity contribution is 7.10. The zero-order valence-corrected chi connectivity index (χ0v) is 13.2. The van der Waals surface area contributed by atoms with E-state index in [-0.39, 0.29) is 25.3 Å². The van der Waals surface area contributed by atoms with Gasteiger partial charge in [0.15, 0.2) is 18.1 Å². The monoisotopic (exact) mass is 333 g/mol. The summed E-state index contributed by atoms with van der Waals surface area (Å²) in [5, 5.41) is 4.72. The summed E-state index contributed by atoms with van der Waals surface area (Å²) in [5.74, 6) is 0.154. The number of hydrogen-bond acceptors (Lipinski definition) is 6. The van der Waals surface area contributed by atoms with Crippen LogP contribution in [0.3, 0.4) is 0 Å². The van der Waals surface area contributed by atoms with Crippen LogP contribution in [0.25, 0.3) is 0 Å². The molecule has 0 radical (unpaired) electrons. The molecule has 1 aromatic carbocycles. The van der Waals surface area contributed by atoms with Crippen LogP contribution in [-0.2, 0) is 9.53 Å². The van der Waals surface area contributed by atoms with Crippen LogP contribution in [0.15, 0.2) is 35.7 Å². The molecular weight excluding hydrogens is 318 g/mol. The van der Waals surface area contributed by atoms with E-state index in [0.717, 1.165) is 4.88 Å². The first-order chi connectivity index (χ1) is 11.1. The minimum Gasteiger partial charge on any atom is -0.454 e. The van der Waals surface area contributed by atoms with Gasteiger partial charge in [-0.05, 0) is 36.6 Å². The second kappa shape index (κ2) is 6.70. The van der Waals surface area contributed by atoms with E-state index in [4.69, 9.17) is 14.2 Å². The Bertz CT molecular complexity index is 713. The van der Waals surface area contributed by atoms with Gasteiger partial charge in [-0.3, -0.25) is 4.79 Å². The molecule has 0 spiro atoms. The quantitative estimate of drug-likeness (QED) is 0.851. The van der Waals surface area contributed by atoms with Gasteiger partial charge in [0, 0.05) is 4.88 Å². The Hall–Kier alpha value is -2.54. The molecule has 2 heterocycles. The SMILES string of the molecule is C[C@@H](NC(=O)COC(=O)c1ccc2c(c1)OCO2)c1cccs1. The number of rotatable bonds is 5. The van der Waals surface area contributed by atoms with E-state index >= 15 is 0 Å². The molecule has 3 rings (SSSR count). The van der Waals surface area contributed by atoms with Gasteiger partial charge < -0.3 is 19.5 Å². The summed E-state index contributed by atoms with van der Waals surface area (Å²) < 4.78 is 15.4. The fourth-order valence-electron chi connectivity index (χ4n) is 2.13. The van der Waals surface area contributed by atoms with Crippen LogP contribution in [0, 0.1) is 0 Å². The number of nitrogens with one attached hydrogen (secondary N) is 1. The first-order valence-corrected chi connectivity index (χ1v) is 7.91. The summed E-state index contributed by atoms with van der Waals surface area (Å²) in [6, 6.07) is 8.49. The number of carbonyl (C=O) groups excluding carboxylic acids is 2. The summed E-state index contributed by atoms with van der Waals surface area (Å²) >= 11 is 1.56. The van der Waals surface area contributed by atoms with Crippen molar-refractivity contribution in [3.8, 4) is 11.5 Å². The molecule has 0 fully saturated rings. The summed E-state index contributed by atoms with van der Waals surface area (Å²) in [4.78, 5) is 24.9. The number of hydrogen-bond donors (Lipinski definition) is 1. The van der Waals surface area contributed by atoms with Crippen molar-refractivity contribution in [3.05, 3.63) is 46.2 Å². The number of ether oxygens (including phenoxy) is 3. The molecule has 0 saturated heterocycles. The summed E-state index contributed by atoms with van der Waals surface area (Å²) in [5.41, 5.74) is 0.313. The third-order valence-electron chi connectivity index (χ3n) is 3.29. The molecule has 1 amide bonds. The first-order valence-electron chi connectivity index (χ1n) is 7.03. The maximum absolute atomic E-state index is 12.0. The fraction of sp³-hybridized carbons (Fsp3) is 0.250. The largest absolute Gasteiger partial charge is 0.454 e. The van der Waals surface area contributed by atoms with E-state index in [1.54, 1.807) is 23.5 Å². The third kappa shape index (κ3) is 3.62. The van der Waals surface area contributed by atoms with Crippen molar-refractivity contribution >= 4 is 23.2 Å². The van der Waals surface area contributed by atoms with E-state index in [1.807, 2.05) is 24.4 Å². The fourth-order valence-corrected chi connectivity index (χ4v) is 2.86. The predicted molar refractivity (Wildman–Crippen MR) is 83.7 cm³/mol. The molecule has 1 aromatic heterocycles. The Kier molecular flexibility index (Phi) is 4.47. The van der Waals surface area contributed by atoms with E-state index in [1.165, 1.54) is 6.07 Å². The predicted octanol–water partition coefficient (Wildman–Crippen LogP) is 2.51. The van der Waals surface area contributed by atoms with Crippen molar-refractivity contribution in [2.75, 3.05) is 13.4 Å². The van der Waals surface area contributed by atoms with Crippen molar-refractivity contribution < 1.29 is 23.8 Å². The van der Waals surface area contributed by atoms with Crippen molar-refractivity contribution in [1.29, 1.82) is 0 Å². The normalized spacial score (nSPS) is 13.4. The highest BCUT2D eigenvalue weighted by Gasteiger charge is 2.18. The number of benzene rings is 1. The maximum atomic E-state index is 12.0. The van der Waals surface area contributed by atoms with Crippen LogP contribution in [0.5, 0.6) is 11.5 Å². The molecule has 7 heteroatoms. The zero-order chi connectivity index (χ0) is 16.2. The van der Waals surface area contributed by atoms with Crippen LogP contribution in [-0.4, -0.2) is 25.3 Å². The average Bonchev–Trinajstić information content (AvgIpc) is 3.22. The third-order valence-corrected chi connectivity index (χ3v) is 4.35. The van der Waals surface area contributed by atoms with Gasteiger partial charge in [0.1, 0.15) is 0 Å². The van der Waals surface area contributed by atoms with Crippen LogP contribution in [0.1, 0.15) is 28.2 Å². The van der Waals surface area contributed by atoms with Gasteiger partial charge in [-0.25, -0.2) is 4.79 Å². The lowest BCUT2D eigenvalue weighted by Gasteiger charge is -2.12. The maximum Gasteiger partial charge on any atom is 0.338 e. The number of thiophene rings is 1. The van der Waals surface area contributed by atoms with E-state index < -0.39 is 5.97 Å². The van der Waals surface area contributed by atoms with Crippen LogP contribution >= 0.6 is 11.3 Å². The number of carbonyl (C=O) groups is 2. The Labute approximate surface area is 137 Å². The molecule has 0 aliphatic carbocycles. The molecule has 1 aliphatic rings. The van der Waals surface area contributed by atoms with Crippen LogP contribution < -0.4 is 14.8 Å². The smallest absolute Gasteiger partial charge is 0.338 e. The van der Waals surface area contributed by atoms with E-state index in [9.17, 15) is 9.59 Å². The summed E-state index contributed by atoms with van der Waals surface area (Å²) in [6.45, 7) is 1.68. The van der Waals surface area contributed by atoms with Gasteiger partial charge in [-0.1, -0.05) is 6.07 Å². The molecule has 120 valence electrons. The molecule has 0 unspecified atom stereocenters. The molecule has 1 N–H and O–H groups in total. The van der Waals surface area contributed by atoms with Gasteiger partial charge in [-0.15, -0.1) is 11.3 Å². The first kappa shape index (κ1) is 15.4. The molecule has 6 nitrogen and oxygen atoms in total. The van der Waals surface area contributed by atoms with Gasteiger partial charge >= 0.3 is 5.97 Å². The number of fused-ring (bicyclic) bond motifs is 1. The minimum atomic E-state index is -0.581. The zero-order valence-electron chi connectivity index (χ0n) is 12.4. The second-order valence-corrected chi connectivity index (χ2v) is 5.93. The van der Waals surface area contributed by atoms with Crippen molar-refractivity contribution in [2.45, 2.75) is 13.0 Å². The number of amides is 1. The molecule has 1 aliphatic heterocycles. The van der Waals surface area contributed by atoms with Crippen molar-refractivity contribution in [2.24, 2.45) is 0 Å². The Morgan fingerprint density at radius 2 is 2.13 bits per heavy atom. The van der Waals surface area contributed by atoms with Crippen LogP contribution in [0.4, 0.5) is 0 Å². The molecule has 23 heavy (non-hydrogen) atoms. The highest BCUT2D eigenvalue weighted by Crippen LogP contribution is 2.32. The molecular formula is C16H15NO5S. The van der Waals surface area contributed by atoms with E-state index in [0.29, 0.717) is 17.1 Å². The Balaban J connectivity index is 1.51. The van der Waals surface area contributed by atoms with E-state index in [2.05, 4.69) is 5.32 Å². The molecule has 0 bridgehead atoms. The molecule has 1 atom stereocenters. The van der Waals surface area contributed by atoms with Crippen molar-refractivity contribution in [3.63, 3.8) is 0 Å². The lowest BCUT2D eigenvalue weighted by atomic mass is 10.2. The van der Waals surface area contributed by atoms with Gasteiger partial charge in [0.05, 0.1) is 11.6 Å². The minimum absolute atomic E-state index is 0.119. The lowest BCUT2D eigenvalue weighted by molar-refractivity contribution is -0.124. The average molecular weight is 333 g/mol. The molecule has 0 saturated carbocycles. The lowest BCUT2D eigenvalue weighted by Crippen LogP contribution is -2.30.